The molecule has 0 bridgehead atoms. The number of nitrogens with one attached hydrogen (secondary N) is 1. The van der Waals surface area contributed by atoms with Gasteiger partial charge in [-0.1, -0.05) is 12.1 Å². The molecule has 0 atom stereocenters. The third-order valence-electron chi connectivity index (χ3n) is 3.66. The van der Waals surface area contributed by atoms with E-state index in [0.717, 1.165) is 25.7 Å². The van der Waals surface area contributed by atoms with Gasteiger partial charge in [0.05, 0.1) is 4.90 Å². The quantitative estimate of drug-likeness (QED) is 0.823. The van der Waals surface area contributed by atoms with Crippen molar-refractivity contribution in [1.29, 1.82) is 0 Å². The van der Waals surface area contributed by atoms with E-state index in [4.69, 9.17) is 5.73 Å². The Balaban J connectivity index is 0.00000220. The SMILES string of the molecule is CC(=O)c1ccc(S(=O)(=O)NC2CCC(N)CC2)cc1.Cl. The molecule has 0 aliphatic heterocycles. The van der Waals surface area contributed by atoms with E-state index in [2.05, 4.69) is 4.72 Å². The predicted octanol–water partition coefficient (Wildman–Crippen LogP) is 1.86. The van der Waals surface area contributed by atoms with Crippen LogP contribution < -0.4 is 10.5 Å². The Labute approximate surface area is 131 Å². The van der Waals surface area contributed by atoms with E-state index in [1.807, 2.05) is 0 Å². The Morgan fingerprint density at radius 1 is 1.14 bits per heavy atom. The molecule has 0 radical (unpaired) electrons. The second kappa shape index (κ2) is 7.35. The summed E-state index contributed by atoms with van der Waals surface area (Å²) in [6, 6.07) is 6.14. The molecule has 0 heterocycles. The molecule has 3 N–H and O–H groups in total. The Hall–Kier alpha value is -0.950. The minimum Gasteiger partial charge on any atom is -0.328 e. The van der Waals surface area contributed by atoms with Gasteiger partial charge >= 0.3 is 0 Å². The first-order chi connectivity index (χ1) is 9.38. The summed E-state index contributed by atoms with van der Waals surface area (Å²) in [6.45, 7) is 1.45. The zero-order valence-electron chi connectivity index (χ0n) is 11.9. The summed E-state index contributed by atoms with van der Waals surface area (Å²) in [4.78, 5) is 11.4. The lowest BCUT2D eigenvalue weighted by molar-refractivity contribution is 0.101. The minimum absolute atomic E-state index is 0. The van der Waals surface area contributed by atoms with Crippen molar-refractivity contribution in [3.05, 3.63) is 29.8 Å². The number of sulfonamides is 1. The molecule has 1 aliphatic carbocycles. The first-order valence-electron chi connectivity index (χ1n) is 6.77. The van der Waals surface area contributed by atoms with Crippen LogP contribution in [0, 0.1) is 0 Å². The maximum Gasteiger partial charge on any atom is 0.240 e. The van der Waals surface area contributed by atoms with Crippen LogP contribution in [0.5, 0.6) is 0 Å². The van der Waals surface area contributed by atoms with Gasteiger partial charge in [-0.25, -0.2) is 13.1 Å². The molecule has 0 saturated heterocycles. The Morgan fingerprint density at radius 2 is 1.67 bits per heavy atom. The number of carbonyl (C=O) groups excluding carboxylic acids is 1. The molecule has 0 amide bonds. The van der Waals surface area contributed by atoms with Crippen molar-refractivity contribution >= 4 is 28.2 Å². The number of Topliss-reactive ketones (excluding diaryl/α,β-unsaturated/α-hetero) is 1. The van der Waals surface area contributed by atoms with E-state index in [0.29, 0.717) is 5.56 Å². The lowest BCUT2D eigenvalue weighted by Gasteiger charge is -2.26. The fourth-order valence-electron chi connectivity index (χ4n) is 2.39. The number of rotatable bonds is 4. The van der Waals surface area contributed by atoms with E-state index >= 15 is 0 Å². The van der Waals surface area contributed by atoms with Gasteiger partial charge < -0.3 is 5.73 Å². The molecule has 1 saturated carbocycles. The predicted molar refractivity (Wildman–Crippen MR) is 84.2 cm³/mol. The van der Waals surface area contributed by atoms with Gasteiger partial charge in [-0.05, 0) is 44.7 Å². The Kier molecular flexibility index (Phi) is 6.34. The van der Waals surface area contributed by atoms with E-state index in [1.165, 1.54) is 31.2 Å². The molecule has 2 rings (SSSR count). The third kappa shape index (κ3) is 4.78. The van der Waals surface area contributed by atoms with Gasteiger partial charge in [-0.15, -0.1) is 12.4 Å². The standard InChI is InChI=1S/C14H20N2O3S.ClH/c1-10(17)11-2-8-14(9-3-11)20(18,19)16-13-6-4-12(15)5-7-13;/h2-3,8-9,12-13,16H,4-7,15H2,1H3;1H. The molecule has 21 heavy (non-hydrogen) atoms. The summed E-state index contributed by atoms with van der Waals surface area (Å²) in [5.41, 5.74) is 6.31. The van der Waals surface area contributed by atoms with E-state index in [-0.39, 0.29) is 35.2 Å². The highest BCUT2D eigenvalue weighted by atomic mass is 35.5. The van der Waals surface area contributed by atoms with E-state index < -0.39 is 10.0 Å². The van der Waals surface area contributed by atoms with Crippen molar-refractivity contribution in [2.24, 2.45) is 5.73 Å². The van der Waals surface area contributed by atoms with Crippen LogP contribution >= 0.6 is 12.4 Å². The van der Waals surface area contributed by atoms with E-state index in [1.54, 1.807) is 0 Å². The minimum atomic E-state index is -3.52. The number of benzene rings is 1. The monoisotopic (exact) mass is 332 g/mol. The molecule has 5 nitrogen and oxygen atoms in total. The Morgan fingerprint density at radius 3 is 2.14 bits per heavy atom. The molecule has 0 unspecified atom stereocenters. The van der Waals surface area contributed by atoms with Crippen LogP contribution in [-0.2, 0) is 10.0 Å². The summed E-state index contributed by atoms with van der Waals surface area (Å²) in [6.07, 6.45) is 3.23. The molecule has 1 aromatic rings. The summed E-state index contributed by atoms with van der Waals surface area (Å²) in [5, 5.41) is 0. The normalized spacial score (nSPS) is 22.4. The number of nitrogens with two attached hydrogens (primary N) is 1. The number of hydrogen-bond acceptors (Lipinski definition) is 4. The molecule has 0 spiro atoms. The van der Waals surface area contributed by atoms with Crippen LogP contribution in [0.1, 0.15) is 43.0 Å². The first-order valence-corrected chi connectivity index (χ1v) is 8.26. The molecule has 1 aromatic carbocycles. The lowest BCUT2D eigenvalue weighted by Crippen LogP contribution is -2.40. The zero-order chi connectivity index (χ0) is 14.8. The van der Waals surface area contributed by atoms with Crippen LogP contribution in [0.15, 0.2) is 29.2 Å². The molecular formula is C14H21ClN2O3S. The molecule has 1 fully saturated rings. The fourth-order valence-corrected chi connectivity index (χ4v) is 3.70. The molecular weight excluding hydrogens is 312 g/mol. The number of ketones is 1. The van der Waals surface area contributed by atoms with Crippen molar-refractivity contribution in [2.75, 3.05) is 0 Å². The van der Waals surface area contributed by atoms with Gasteiger partial charge in [0.1, 0.15) is 0 Å². The number of hydrogen-bond donors (Lipinski definition) is 2. The number of carbonyl (C=O) groups is 1. The maximum absolute atomic E-state index is 12.2. The molecule has 1 aliphatic rings. The van der Waals surface area contributed by atoms with Gasteiger partial charge in [0, 0.05) is 17.6 Å². The zero-order valence-corrected chi connectivity index (χ0v) is 13.5. The average Bonchev–Trinajstić information content (AvgIpc) is 2.41. The first kappa shape index (κ1) is 18.1. The van der Waals surface area contributed by atoms with Gasteiger partial charge in [0.15, 0.2) is 5.78 Å². The van der Waals surface area contributed by atoms with Gasteiger partial charge in [0.25, 0.3) is 0 Å². The smallest absolute Gasteiger partial charge is 0.240 e. The largest absolute Gasteiger partial charge is 0.328 e. The van der Waals surface area contributed by atoms with Crippen molar-refractivity contribution in [2.45, 2.75) is 49.6 Å². The van der Waals surface area contributed by atoms with Crippen molar-refractivity contribution in [3.63, 3.8) is 0 Å². The highest BCUT2D eigenvalue weighted by Gasteiger charge is 2.24. The van der Waals surface area contributed by atoms with E-state index in [9.17, 15) is 13.2 Å². The Bertz CT molecular complexity index is 579. The van der Waals surface area contributed by atoms with Gasteiger partial charge in [0.2, 0.25) is 10.0 Å². The van der Waals surface area contributed by atoms with Crippen LogP contribution in [-0.4, -0.2) is 26.3 Å². The van der Waals surface area contributed by atoms with Crippen molar-refractivity contribution in [1.82, 2.24) is 4.72 Å². The van der Waals surface area contributed by atoms with Crippen LogP contribution in [0.25, 0.3) is 0 Å². The van der Waals surface area contributed by atoms with Crippen LogP contribution in [0.4, 0.5) is 0 Å². The third-order valence-corrected chi connectivity index (χ3v) is 5.20. The topological polar surface area (TPSA) is 89.3 Å². The second-order valence-electron chi connectivity index (χ2n) is 5.31. The van der Waals surface area contributed by atoms with Crippen molar-refractivity contribution < 1.29 is 13.2 Å². The van der Waals surface area contributed by atoms with Crippen molar-refractivity contribution in [3.8, 4) is 0 Å². The maximum atomic E-state index is 12.2. The number of halogens is 1. The highest BCUT2D eigenvalue weighted by Crippen LogP contribution is 2.19. The van der Waals surface area contributed by atoms with Crippen LogP contribution in [0.2, 0.25) is 0 Å². The average molecular weight is 333 g/mol. The molecule has 118 valence electrons. The summed E-state index contributed by atoms with van der Waals surface area (Å²) >= 11 is 0. The van der Waals surface area contributed by atoms with Gasteiger partial charge in [-0.2, -0.15) is 0 Å². The molecule has 7 heteroatoms. The lowest BCUT2D eigenvalue weighted by atomic mass is 9.93. The summed E-state index contributed by atoms with van der Waals surface area (Å²) in [5.74, 6) is -0.0804. The molecule has 0 aromatic heterocycles. The fraction of sp³-hybridized carbons (Fsp3) is 0.500. The summed E-state index contributed by atoms with van der Waals surface area (Å²) in [7, 11) is -3.52. The highest BCUT2D eigenvalue weighted by molar-refractivity contribution is 7.89. The van der Waals surface area contributed by atoms with Gasteiger partial charge in [-0.3, -0.25) is 4.79 Å². The van der Waals surface area contributed by atoms with Crippen LogP contribution in [0.3, 0.4) is 0 Å². The second-order valence-corrected chi connectivity index (χ2v) is 7.03. The summed E-state index contributed by atoms with van der Waals surface area (Å²) < 4.78 is 27.2.